The van der Waals surface area contributed by atoms with Gasteiger partial charge in [0.1, 0.15) is 0 Å². The van der Waals surface area contributed by atoms with Crippen molar-refractivity contribution in [1.29, 1.82) is 0 Å². The Hall–Kier alpha value is -5.44. The number of carbonyl (C=O) groups is 3. The summed E-state index contributed by atoms with van der Waals surface area (Å²) in [6.45, 7) is 0.724. The molecule has 4 aromatic rings. The van der Waals surface area contributed by atoms with Gasteiger partial charge in [-0.2, -0.15) is 28.1 Å². The van der Waals surface area contributed by atoms with Gasteiger partial charge in [0.2, 0.25) is 11.9 Å². The van der Waals surface area contributed by atoms with Crippen LogP contribution in [0.4, 0.5) is 36.4 Å². The van der Waals surface area contributed by atoms with E-state index in [4.69, 9.17) is 16.3 Å². The molecule has 49 heavy (non-hydrogen) atoms. The maximum absolute atomic E-state index is 12.9. The first-order valence-corrected chi connectivity index (χ1v) is 15.6. The standard InChI is InChI=1S/C33H32ClF3N8O4/c1-20-3-11-24(12-4-20)40-28(48)27(47)39-18-2-17-38-26(46)21-5-13-25(14-6-21)41-29-42-30(44-31(43-29)49-19-33(35,36)37)45-32(15-16-32)22-7-9-23(34)10-8-22/h3-14H,2,15-19H2,1H3,(H,38,46)(H,39,47)(H,40,48)(H2,41,42,43,44,45). The fraction of sp³-hybridized carbons (Fsp3) is 0.273. The Morgan fingerprint density at radius 1 is 0.816 bits per heavy atom. The predicted molar refractivity (Wildman–Crippen MR) is 177 cm³/mol. The van der Waals surface area contributed by atoms with Gasteiger partial charge in [0, 0.05) is 35.1 Å². The van der Waals surface area contributed by atoms with Gasteiger partial charge in [-0.25, -0.2) is 0 Å². The highest BCUT2D eigenvalue weighted by Crippen LogP contribution is 2.48. The van der Waals surface area contributed by atoms with E-state index in [1.54, 1.807) is 36.4 Å². The van der Waals surface area contributed by atoms with E-state index in [0.29, 0.717) is 28.4 Å². The van der Waals surface area contributed by atoms with Crippen molar-refractivity contribution < 1.29 is 32.3 Å². The molecule has 0 radical (unpaired) electrons. The lowest BCUT2D eigenvalue weighted by Gasteiger charge is -2.19. The molecule has 16 heteroatoms. The van der Waals surface area contributed by atoms with E-state index < -0.39 is 36.1 Å². The second-order valence-electron chi connectivity index (χ2n) is 11.3. The van der Waals surface area contributed by atoms with Crippen LogP contribution in [0.2, 0.25) is 5.02 Å². The fourth-order valence-electron chi connectivity index (χ4n) is 4.61. The van der Waals surface area contributed by atoms with Gasteiger partial charge in [-0.15, -0.1) is 0 Å². The number of aromatic nitrogens is 3. The van der Waals surface area contributed by atoms with E-state index in [1.165, 1.54) is 12.1 Å². The third-order valence-corrected chi connectivity index (χ3v) is 7.57. The molecule has 3 aromatic carbocycles. The minimum atomic E-state index is -4.60. The Morgan fingerprint density at radius 3 is 2.10 bits per heavy atom. The van der Waals surface area contributed by atoms with Crippen molar-refractivity contribution in [3.8, 4) is 6.01 Å². The van der Waals surface area contributed by atoms with E-state index in [2.05, 4.69) is 41.5 Å². The van der Waals surface area contributed by atoms with E-state index in [0.717, 1.165) is 24.0 Å². The first kappa shape index (κ1) is 34.9. The average Bonchev–Trinajstić information content (AvgIpc) is 3.85. The summed E-state index contributed by atoms with van der Waals surface area (Å²) >= 11 is 6.02. The summed E-state index contributed by atoms with van der Waals surface area (Å²) in [6, 6.07) is 19.9. The number of nitrogens with one attached hydrogen (secondary N) is 5. The van der Waals surface area contributed by atoms with Gasteiger partial charge < -0.3 is 31.3 Å². The van der Waals surface area contributed by atoms with Crippen LogP contribution >= 0.6 is 11.6 Å². The molecule has 1 aromatic heterocycles. The smallest absolute Gasteiger partial charge is 0.422 e. The number of hydrogen-bond acceptors (Lipinski definition) is 9. The number of ether oxygens (including phenoxy) is 1. The van der Waals surface area contributed by atoms with Gasteiger partial charge in [-0.05, 0) is 80.3 Å². The number of benzene rings is 3. The quantitative estimate of drug-likeness (QED) is 0.0900. The first-order valence-electron chi connectivity index (χ1n) is 15.2. The Bertz CT molecular complexity index is 1790. The summed E-state index contributed by atoms with van der Waals surface area (Å²) < 4.78 is 43.5. The van der Waals surface area contributed by atoms with Crippen molar-refractivity contribution in [2.45, 2.75) is 37.9 Å². The molecule has 0 unspecified atom stereocenters. The van der Waals surface area contributed by atoms with Gasteiger partial charge in [-0.1, -0.05) is 41.4 Å². The summed E-state index contributed by atoms with van der Waals surface area (Å²) in [6.07, 6.45) is -2.74. The van der Waals surface area contributed by atoms with Crippen molar-refractivity contribution in [2.75, 3.05) is 35.6 Å². The highest BCUT2D eigenvalue weighted by molar-refractivity contribution is 6.39. The van der Waals surface area contributed by atoms with Gasteiger partial charge in [0.05, 0.1) is 5.54 Å². The zero-order chi connectivity index (χ0) is 35.0. The molecular weight excluding hydrogens is 665 g/mol. The van der Waals surface area contributed by atoms with E-state index in [1.807, 2.05) is 31.2 Å². The van der Waals surface area contributed by atoms with Crippen LogP contribution in [0.3, 0.4) is 0 Å². The molecule has 1 saturated carbocycles. The number of alkyl halides is 3. The number of nitrogens with zero attached hydrogens (tertiary/aromatic N) is 3. The van der Waals surface area contributed by atoms with Crippen LogP contribution in [-0.4, -0.2) is 58.5 Å². The van der Waals surface area contributed by atoms with Crippen LogP contribution in [0.25, 0.3) is 0 Å². The van der Waals surface area contributed by atoms with Crippen molar-refractivity contribution in [3.05, 3.63) is 94.5 Å². The number of carbonyl (C=O) groups excluding carboxylic acids is 3. The normalized spacial score (nSPS) is 13.2. The van der Waals surface area contributed by atoms with E-state index in [9.17, 15) is 27.6 Å². The number of halogens is 4. The Labute approximate surface area is 284 Å². The molecule has 0 spiro atoms. The van der Waals surface area contributed by atoms with Crippen molar-refractivity contribution >= 4 is 52.6 Å². The average molecular weight is 697 g/mol. The minimum absolute atomic E-state index is 0.0150. The number of amides is 3. The van der Waals surface area contributed by atoms with Crippen molar-refractivity contribution in [2.24, 2.45) is 0 Å². The summed E-state index contributed by atoms with van der Waals surface area (Å²) in [5.41, 5.74) is 2.71. The first-order chi connectivity index (χ1) is 23.4. The third-order valence-electron chi connectivity index (χ3n) is 7.32. The molecule has 12 nitrogen and oxygen atoms in total. The van der Waals surface area contributed by atoms with Crippen LogP contribution < -0.4 is 31.3 Å². The van der Waals surface area contributed by atoms with Crippen LogP contribution in [0, 0.1) is 6.92 Å². The molecular formula is C33H32ClF3N8O4. The van der Waals surface area contributed by atoms with E-state index in [-0.39, 0.29) is 30.9 Å². The topological polar surface area (TPSA) is 159 Å². The lowest BCUT2D eigenvalue weighted by molar-refractivity contribution is -0.154. The maximum atomic E-state index is 12.9. The van der Waals surface area contributed by atoms with Crippen LogP contribution in [0.15, 0.2) is 72.8 Å². The van der Waals surface area contributed by atoms with Gasteiger partial charge in [0.15, 0.2) is 6.61 Å². The molecule has 256 valence electrons. The lowest BCUT2D eigenvalue weighted by Crippen LogP contribution is -2.37. The predicted octanol–water partition coefficient (Wildman–Crippen LogP) is 5.49. The second-order valence-corrected chi connectivity index (χ2v) is 11.7. The van der Waals surface area contributed by atoms with Gasteiger partial charge in [-0.3, -0.25) is 14.4 Å². The molecule has 0 saturated heterocycles. The second kappa shape index (κ2) is 15.2. The summed E-state index contributed by atoms with van der Waals surface area (Å²) in [7, 11) is 0. The summed E-state index contributed by atoms with van der Waals surface area (Å²) in [5, 5.41) is 14.4. The van der Waals surface area contributed by atoms with Crippen LogP contribution in [-0.2, 0) is 15.1 Å². The van der Waals surface area contributed by atoms with Crippen molar-refractivity contribution in [1.82, 2.24) is 25.6 Å². The molecule has 0 aliphatic heterocycles. The monoisotopic (exact) mass is 696 g/mol. The largest absolute Gasteiger partial charge is 0.454 e. The molecule has 1 heterocycles. The molecule has 1 fully saturated rings. The lowest BCUT2D eigenvalue weighted by atomic mass is 10.1. The number of rotatable bonds is 13. The Kier molecular flexibility index (Phi) is 10.8. The summed E-state index contributed by atoms with van der Waals surface area (Å²) in [4.78, 5) is 49.1. The molecule has 1 aliphatic carbocycles. The molecule has 0 atom stereocenters. The Morgan fingerprint density at radius 2 is 1.45 bits per heavy atom. The van der Waals surface area contributed by atoms with E-state index >= 15 is 0 Å². The molecule has 3 amide bonds. The number of anilines is 4. The van der Waals surface area contributed by atoms with Crippen LogP contribution in [0.5, 0.6) is 6.01 Å². The molecule has 0 bridgehead atoms. The zero-order valence-electron chi connectivity index (χ0n) is 26.2. The molecule has 1 aliphatic rings. The Balaban J connectivity index is 1.13. The van der Waals surface area contributed by atoms with Gasteiger partial charge in [0.25, 0.3) is 5.91 Å². The molecule has 5 rings (SSSR count). The zero-order valence-corrected chi connectivity index (χ0v) is 26.9. The third kappa shape index (κ3) is 10.3. The SMILES string of the molecule is Cc1ccc(NC(=O)C(=O)NCCCNC(=O)c2ccc(Nc3nc(NC4(c5ccc(Cl)cc5)CC4)nc(OCC(F)(F)F)n3)cc2)cc1. The van der Waals surface area contributed by atoms with Crippen LogP contribution in [0.1, 0.15) is 40.7 Å². The number of aryl methyl sites for hydroxylation is 1. The summed E-state index contributed by atoms with van der Waals surface area (Å²) in [5.74, 6) is -2.01. The number of hydrogen-bond donors (Lipinski definition) is 5. The molecule has 5 N–H and O–H groups in total. The highest BCUT2D eigenvalue weighted by atomic mass is 35.5. The fourth-order valence-corrected chi connectivity index (χ4v) is 4.73. The van der Waals surface area contributed by atoms with Crippen molar-refractivity contribution in [3.63, 3.8) is 0 Å². The highest BCUT2D eigenvalue weighted by Gasteiger charge is 2.45. The minimum Gasteiger partial charge on any atom is -0.454 e. The maximum Gasteiger partial charge on any atom is 0.422 e. The van der Waals surface area contributed by atoms with Gasteiger partial charge >= 0.3 is 24.0 Å².